The Morgan fingerprint density at radius 1 is 1.40 bits per heavy atom. The standard InChI is InChI=1S/C11H20N4/c1-3-14-4-6-15(7-5-14)11-8-10(2)12-9-13-11/h8-10H,3-7H2,1-2H3,(H,12,13). The highest BCUT2D eigenvalue weighted by atomic mass is 15.3. The molecular formula is C11H20N4. The van der Waals surface area contributed by atoms with Gasteiger partial charge in [-0.2, -0.15) is 0 Å². The largest absolute Gasteiger partial charge is 0.356 e. The number of nitrogens with zero attached hydrogens (tertiary/aromatic N) is 3. The van der Waals surface area contributed by atoms with Gasteiger partial charge in [0.25, 0.3) is 0 Å². The summed E-state index contributed by atoms with van der Waals surface area (Å²) in [5, 5.41) is 3.23. The van der Waals surface area contributed by atoms with E-state index >= 15 is 0 Å². The van der Waals surface area contributed by atoms with Crippen molar-refractivity contribution in [2.45, 2.75) is 19.9 Å². The van der Waals surface area contributed by atoms with Crippen molar-refractivity contribution < 1.29 is 0 Å². The maximum Gasteiger partial charge on any atom is 0.105 e. The first kappa shape index (κ1) is 10.5. The molecule has 4 heteroatoms. The summed E-state index contributed by atoms with van der Waals surface area (Å²) >= 11 is 0. The molecule has 2 rings (SSSR count). The van der Waals surface area contributed by atoms with Gasteiger partial charge in [0.15, 0.2) is 0 Å². The molecule has 84 valence electrons. The molecule has 0 aromatic carbocycles. The molecule has 0 amide bonds. The highest BCUT2D eigenvalue weighted by Gasteiger charge is 2.18. The Bertz CT molecular complexity index is 264. The van der Waals surface area contributed by atoms with E-state index in [1.165, 1.54) is 18.9 Å². The molecule has 2 heterocycles. The third-order valence-electron chi connectivity index (χ3n) is 3.08. The summed E-state index contributed by atoms with van der Waals surface area (Å²) in [6.45, 7) is 10.1. The maximum absolute atomic E-state index is 4.26. The SMILES string of the molecule is CCN1CCN(C2=CC(C)N=CN2)CC1. The average Bonchev–Trinajstić information content (AvgIpc) is 2.29. The van der Waals surface area contributed by atoms with E-state index in [0.717, 1.165) is 19.6 Å². The maximum atomic E-state index is 4.26. The molecule has 2 aliphatic rings. The van der Waals surface area contributed by atoms with Crippen LogP contribution in [0.15, 0.2) is 16.9 Å². The van der Waals surface area contributed by atoms with E-state index in [1.54, 1.807) is 0 Å². The molecule has 15 heavy (non-hydrogen) atoms. The summed E-state index contributed by atoms with van der Waals surface area (Å²) in [6, 6.07) is 0.311. The van der Waals surface area contributed by atoms with E-state index < -0.39 is 0 Å². The van der Waals surface area contributed by atoms with Crippen LogP contribution in [0.5, 0.6) is 0 Å². The Balaban J connectivity index is 1.90. The van der Waals surface area contributed by atoms with Crippen LogP contribution in [0.1, 0.15) is 13.8 Å². The minimum atomic E-state index is 0.311. The highest BCUT2D eigenvalue weighted by molar-refractivity contribution is 5.59. The molecule has 0 aromatic rings. The molecule has 4 nitrogen and oxygen atoms in total. The summed E-state index contributed by atoms with van der Waals surface area (Å²) in [4.78, 5) is 9.15. The molecule has 1 saturated heterocycles. The lowest BCUT2D eigenvalue weighted by Crippen LogP contribution is -2.48. The van der Waals surface area contributed by atoms with Crippen molar-refractivity contribution in [1.29, 1.82) is 0 Å². The van der Waals surface area contributed by atoms with Crippen LogP contribution in [-0.2, 0) is 0 Å². The molecule has 2 aliphatic heterocycles. The fraction of sp³-hybridized carbons (Fsp3) is 0.727. The van der Waals surface area contributed by atoms with E-state index in [4.69, 9.17) is 0 Å². The smallest absolute Gasteiger partial charge is 0.105 e. The Morgan fingerprint density at radius 2 is 2.13 bits per heavy atom. The number of rotatable bonds is 2. The Kier molecular flexibility index (Phi) is 3.26. The number of aliphatic imine (C=N–C) groups is 1. The Labute approximate surface area is 91.7 Å². The number of piperazine rings is 1. The van der Waals surface area contributed by atoms with Crippen molar-refractivity contribution >= 4 is 6.34 Å². The van der Waals surface area contributed by atoms with Gasteiger partial charge in [0, 0.05) is 26.2 Å². The van der Waals surface area contributed by atoms with Crippen LogP contribution in [0.25, 0.3) is 0 Å². The molecule has 1 fully saturated rings. The number of likely N-dealkylation sites (N-methyl/N-ethyl adjacent to an activating group) is 1. The van der Waals surface area contributed by atoms with E-state index in [9.17, 15) is 0 Å². The first-order chi connectivity index (χ1) is 7.29. The molecule has 0 spiro atoms. The summed E-state index contributed by atoms with van der Waals surface area (Å²) in [7, 11) is 0. The molecule has 0 radical (unpaired) electrons. The quantitative estimate of drug-likeness (QED) is 0.716. The zero-order valence-electron chi connectivity index (χ0n) is 9.61. The average molecular weight is 208 g/mol. The Morgan fingerprint density at radius 3 is 2.73 bits per heavy atom. The highest BCUT2D eigenvalue weighted by Crippen LogP contribution is 2.10. The van der Waals surface area contributed by atoms with E-state index in [1.807, 2.05) is 6.34 Å². The van der Waals surface area contributed by atoms with Gasteiger partial charge in [0.05, 0.1) is 12.4 Å². The van der Waals surface area contributed by atoms with Crippen LogP contribution in [0.2, 0.25) is 0 Å². The lowest BCUT2D eigenvalue weighted by Gasteiger charge is -2.37. The minimum Gasteiger partial charge on any atom is -0.356 e. The van der Waals surface area contributed by atoms with Crippen LogP contribution in [0.4, 0.5) is 0 Å². The van der Waals surface area contributed by atoms with Gasteiger partial charge in [-0.25, -0.2) is 0 Å². The van der Waals surface area contributed by atoms with Crippen LogP contribution < -0.4 is 5.32 Å². The van der Waals surface area contributed by atoms with E-state index in [2.05, 4.69) is 40.0 Å². The van der Waals surface area contributed by atoms with Crippen molar-refractivity contribution in [2.75, 3.05) is 32.7 Å². The minimum absolute atomic E-state index is 0.311. The third kappa shape index (κ3) is 2.50. The third-order valence-corrected chi connectivity index (χ3v) is 3.08. The van der Waals surface area contributed by atoms with Crippen LogP contribution in [0.3, 0.4) is 0 Å². The fourth-order valence-electron chi connectivity index (χ4n) is 2.04. The molecule has 1 atom stereocenters. The molecule has 1 N–H and O–H groups in total. The van der Waals surface area contributed by atoms with Crippen molar-refractivity contribution in [2.24, 2.45) is 4.99 Å². The lowest BCUT2D eigenvalue weighted by molar-refractivity contribution is 0.160. The van der Waals surface area contributed by atoms with Gasteiger partial charge in [-0.15, -0.1) is 0 Å². The lowest BCUT2D eigenvalue weighted by atomic mass is 10.2. The predicted molar refractivity (Wildman–Crippen MR) is 62.9 cm³/mol. The van der Waals surface area contributed by atoms with Gasteiger partial charge < -0.3 is 15.1 Å². The van der Waals surface area contributed by atoms with Crippen LogP contribution in [-0.4, -0.2) is 54.9 Å². The first-order valence-electron chi connectivity index (χ1n) is 5.77. The van der Waals surface area contributed by atoms with Crippen molar-refractivity contribution in [3.05, 3.63) is 11.9 Å². The molecule has 0 aliphatic carbocycles. The van der Waals surface area contributed by atoms with Crippen LogP contribution in [0, 0.1) is 0 Å². The predicted octanol–water partition coefficient (Wildman–Crippen LogP) is 0.485. The normalized spacial score (nSPS) is 27.5. The second-order valence-electron chi connectivity index (χ2n) is 4.14. The van der Waals surface area contributed by atoms with E-state index in [-0.39, 0.29) is 0 Å². The number of hydrogen-bond acceptors (Lipinski definition) is 4. The fourth-order valence-corrected chi connectivity index (χ4v) is 2.04. The van der Waals surface area contributed by atoms with Gasteiger partial charge in [-0.05, 0) is 19.5 Å². The van der Waals surface area contributed by atoms with Gasteiger partial charge in [-0.3, -0.25) is 4.99 Å². The summed E-state index contributed by atoms with van der Waals surface area (Å²) in [6.07, 6.45) is 4.01. The van der Waals surface area contributed by atoms with E-state index in [0.29, 0.717) is 6.04 Å². The van der Waals surface area contributed by atoms with Gasteiger partial charge in [0.2, 0.25) is 0 Å². The van der Waals surface area contributed by atoms with Crippen molar-refractivity contribution in [3.8, 4) is 0 Å². The molecule has 0 saturated carbocycles. The molecular weight excluding hydrogens is 188 g/mol. The second-order valence-corrected chi connectivity index (χ2v) is 4.14. The second kappa shape index (κ2) is 4.66. The topological polar surface area (TPSA) is 30.9 Å². The Hall–Kier alpha value is -1.03. The number of nitrogens with one attached hydrogen (secondary N) is 1. The molecule has 0 aromatic heterocycles. The van der Waals surface area contributed by atoms with Crippen molar-refractivity contribution in [3.63, 3.8) is 0 Å². The first-order valence-corrected chi connectivity index (χ1v) is 5.77. The summed E-state index contributed by atoms with van der Waals surface area (Å²) in [5.74, 6) is 1.23. The van der Waals surface area contributed by atoms with Gasteiger partial charge >= 0.3 is 0 Å². The summed E-state index contributed by atoms with van der Waals surface area (Å²) < 4.78 is 0. The van der Waals surface area contributed by atoms with Crippen molar-refractivity contribution in [1.82, 2.24) is 15.1 Å². The molecule has 1 unspecified atom stereocenters. The number of hydrogen-bond donors (Lipinski definition) is 1. The van der Waals surface area contributed by atoms with Crippen LogP contribution >= 0.6 is 0 Å². The zero-order chi connectivity index (χ0) is 10.7. The summed E-state index contributed by atoms with van der Waals surface area (Å²) in [5.41, 5.74) is 0. The monoisotopic (exact) mass is 208 g/mol. The van der Waals surface area contributed by atoms with Gasteiger partial charge in [0.1, 0.15) is 5.82 Å². The zero-order valence-corrected chi connectivity index (χ0v) is 9.61. The van der Waals surface area contributed by atoms with Gasteiger partial charge in [-0.1, -0.05) is 6.92 Å². The molecule has 0 bridgehead atoms.